The number of esters is 1. The first-order chi connectivity index (χ1) is 17.0. The molecule has 188 valence electrons. The van der Waals surface area contributed by atoms with Gasteiger partial charge in [-0.25, -0.2) is 19.7 Å². The Hall–Kier alpha value is -3.79. The van der Waals surface area contributed by atoms with Gasteiger partial charge in [0.2, 0.25) is 11.8 Å². The molecule has 0 spiro atoms. The largest absolute Gasteiger partial charge is 0.470 e. The van der Waals surface area contributed by atoms with Gasteiger partial charge in [0.1, 0.15) is 23.8 Å². The number of likely N-dealkylation sites (tertiary alicyclic amines) is 1. The first-order valence-electron chi connectivity index (χ1n) is 12.0. The highest BCUT2D eigenvalue weighted by Gasteiger charge is 2.33. The molecule has 1 amide bonds. The first-order valence-corrected chi connectivity index (χ1v) is 12.0. The van der Waals surface area contributed by atoms with Crippen LogP contribution in [0.25, 0.3) is 10.8 Å². The summed E-state index contributed by atoms with van der Waals surface area (Å²) < 4.78 is 11.5. The van der Waals surface area contributed by atoms with Crippen LogP contribution in [0.4, 0.5) is 11.6 Å². The number of rotatable bonds is 5. The van der Waals surface area contributed by atoms with E-state index in [2.05, 4.69) is 15.3 Å². The van der Waals surface area contributed by atoms with E-state index in [0.717, 1.165) is 16.3 Å². The smallest absolute Gasteiger partial charge is 0.340 e. The van der Waals surface area contributed by atoms with Crippen LogP contribution in [0, 0.1) is 0 Å². The summed E-state index contributed by atoms with van der Waals surface area (Å²) in [6.07, 6.45) is 3.08. The van der Waals surface area contributed by atoms with Crippen molar-refractivity contribution in [3.63, 3.8) is 0 Å². The van der Waals surface area contributed by atoms with Gasteiger partial charge < -0.3 is 25.4 Å². The molecular weight excluding hydrogens is 460 g/mol. The first kappa shape index (κ1) is 23.9. The lowest BCUT2D eigenvalue weighted by Gasteiger charge is -2.38. The van der Waals surface area contributed by atoms with Crippen molar-refractivity contribution in [1.82, 2.24) is 19.9 Å². The third kappa shape index (κ3) is 4.32. The second-order valence-electron chi connectivity index (χ2n) is 10.1. The summed E-state index contributed by atoms with van der Waals surface area (Å²) in [5.41, 5.74) is 7.84. The van der Waals surface area contributed by atoms with Gasteiger partial charge >= 0.3 is 5.97 Å². The summed E-state index contributed by atoms with van der Waals surface area (Å²) in [4.78, 5) is 39.2. The third-order valence-electron chi connectivity index (χ3n) is 6.83. The summed E-state index contributed by atoms with van der Waals surface area (Å²) in [6, 6.07) is 5.36. The number of fused-ring (bicyclic) bond motifs is 2. The molecule has 10 heteroatoms. The van der Waals surface area contributed by atoms with Gasteiger partial charge in [-0.2, -0.15) is 0 Å². The zero-order valence-electron chi connectivity index (χ0n) is 21.0. The van der Waals surface area contributed by atoms with Crippen LogP contribution in [0.15, 0.2) is 30.6 Å². The molecule has 5 rings (SSSR count). The van der Waals surface area contributed by atoms with Crippen LogP contribution in [0.3, 0.4) is 0 Å². The highest BCUT2D eigenvalue weighted by molar-refractivity contribution is 5.93. The normalized spacial score (nSPS) is 19.9. The minimum Gasteiger partial charge on any atom is -0.470 e. The predicted octanol–water partition coefficient (Wildman–Crippen LogP) is 3.23. The van der Waals surface area contributed by atoms with Gasteiger partial charge in [0.25, 0.3) is 0 Å². The van der Waals surface area contributed by atoms with Crippen LogP contribution < -0.4 is 15.8 Å². The van der Waals surface area contributed by atoms with E-state index >= 15 is 0 Å². The van der Waals surface area contributed by atoms with E-state index in [1.165, 1.54) is 0 Å². The molecular formula is C26H30N6O4. The van der Waals surface area contributed by atoms with E-state index < -0.39 is 5.54 Å². The zero-order chi connectivity index (χ0) is 25.8. The number of aromatic nitrogens is 3. The summed E-state index contributed by atoms with van der Waals surface area (Å²) in [5, 5.41) is 4.85. The lowest BCUT2D eigenvalue weighted by atomic mass is 9.93. The summed E-state index contributed by atoms with van der Waals surface area (Å²) >= 11 is 0. The molecule has 5 heterocycles. The fourth-order valence-corrected chi connectivity index (χ4v) is 4.47. The standard InChI is InChI=1S/C26H30N6O4/c1-13-14(2)35-25(34)17-6-7-21(31-23(13)17)30-22-8-18-19(9-28-22)24(29-10-20(18)26(4,5)27)36-16-11-32(12-16)15(3)33/h6-10,13-14,16H,11-12,27H2,1-5H3,(H,28,30,31)/t13-,14-/m0/s1. The molecule has 2 aliphatic rings. The maximum absolute atomic E-state index is 12.2. The van der Waals surface area contributed by atoms with Crippen LogP contribution in [-0.4, -0.2) is 57.0 Å². The molecule has 3 aromatic rings. The fraction of sp³-hybridized carbons (Fsp3) is 0.423. The van der Waals surface area contributed by atoms with Gasteiger partial charge in [0.05, 0.1) is 29.7 Å². The maximum Gasteiger partial charge on any atom is 0.340 e. The van der Waals surface area contributed by atoms with Crippen LogP contribution >= 0.6 is 0 Å². The quantitative estimate of drug-likeness (QED) is 0.517. The monoisotopic (exact) mass is 490 g/mol. The number of nitrogens with two attached hydrogens (primary N) is 1. The number of nitrogens with zero attached hydrogens (tertiary/aromatic N) is 4. The fourth-order valence-electron chi connectivity index (χ4n) is 4.47. The average molecular weight is 491 g/mol. The van der Waals surface area contributed by atoms with Crippen molar-refractivity contribution in [3.8, 4) is 5.88 Å². The topological polar surface area (TPSA) is 133 Å². The summed E-state index contributed by atoms with van der Waals surface area (Å²) in [7, 11) is 0. The highest BCUT2D eigenvalue weighted by Crippen LogP contribution is 2.35. The highest BCUT2D eigenvalue weighted by atomic mass is 16.5. The van der Waals surface area contributed by atoms with Crippen molar-refractivity contribution in [1.29, 1.82) is 0 Å². The number of anilines is 2. The number of cyclic esters (lactones) is 1. The number of nitrogens with one attached hydrogen (secondary N) is 1. The molecule has 3 N–H and O–H groups in total. The Labute approximate surface area is 209 Å². The van der Waals surface area contributed by atoms with E-state index in [9.17, 15) is 9.59 Å². The molecule has 3 aromatic heterocycles. The van der Waals surface area contributed by atoms with Crippen LogP contribution in [-0.2, 0) is 15.1 Å². The Morgan fingerprint density at radius 3 is 2.61 bits per heavy atom. The molecule has 36 heavy (non-hydrogen) atoms. The lowest BCUT2D eigenvalue weighted by molar-refractivity contribution is -0.137. The number of hydrogen-bond acceptors (Lipinski definition) is 9. The van der Waals surface area contributed by atoms with Crippen molar-refractivity contribution in [2.45, 2.75) is 58.3 Å². The Kier molecular flexibility index (Phi) is 5.78. The van der Waals surface area contributed by atoms with Crippen molar-refractivity contribution in [3.05, 3.63) is 47.4 Å². The number of pyridine rings is 3. The summed E-state index contributed by atoms with van der Waals surface area (Å²) in [6.45, 7) is 10.3. The average Bonchev–Trinajstić information content (AvgIpc) is 2.78. The van der Waals surface area contributed by atoms with Crippen LogP contribution in [0.1, 0.15) is 62.2 Å². The minimum absolute atomic E-state index is 0.0233. The summed E-state index contributed by atoms with van der Waals surface area (Å²) in [5.74, 6) is 1.26. The number of amides is 1. The Morgan fingerprint density at radius 2 is 1.92 bits per heavy atom. The van der Waals surface area contributed by atoms with E-state index in [-0.39, 0.29) is 30.0 Å². The SMILES string of the molecule is CC(=O)N1CC(Oc2ncc(C(C)(C)N)c3cc(Nc4ccc5c(n4)[C@@H](C)[C@H](C)OC5=O)ncc23)C1. The van der Waals surface area contributed by atoms with Crippen molar-refractivity contribution in [2.75, 3.05) is 18.4 Å². The number of carbonyl (C=O) groups is 2. The molecule has 2 atom stereocenters. The molecule has 0 bridgehead atoms. The minimum atomic E-state index is -0.652. The predicted molar refractivity (Wildman–Crippen MR) is 134 cm³/mol. The van der Waals surface area contributed by atoms with Crippen molar-refractivity contribution < 1.29 is 19.1 Å². The van der Waals surface area contributed by atoms with Gasteiger partial charge in [0.15, 0.2) is 0 Å². The molecule has 10 nitrogen and oxygen atoms in total. The third-order valence-corrected chi connectivity index (χ3v) is 6.83. The number of carbonyl (C=O) groups excluding carboxylic acids is 2. The molecule has 1 saturated heterocycles. The van der Waals surface area contributed by atoms with Gasteiger partial charge in [-0.15, -0.1) is 0 Å². The van der Waals surface area contributed by atoms with Gasteiger partial charge in [-0.05, 0) is 49.9 Å². The molecule has 0 aliphatic carbocycles. The van der Waals surface area contributed by atoms with Gasteiger partial charge in [-0.3, -0.25) is 4.79 Å². The van der Waals surface area contributed by atoms with Crippen molar-refractivity contribution >= 4 is 34.3 Å². The lowest BCUT2D eigenvalue weighted by Crippen LogP contribution is -2.55. The Balaban J connectivity index is 1.47. The van der Waals surface area contributed by atoms with Crippen molar-refractivity contribution in [2.24, 2.45) is 5.73 Å². The maximum atomic E-state index is 12.2. The molecule has 2 aliphatic heterocycles. The Morgan fingerprint density at radius 1 is 1.17 bits per heavy atom. The van der Waals surface area contributed by atoms with E-state index in [1.54, 1.807) is 36.4 Å². The van der Waals surface area contributed by atoms with Crippen LogP contribution in [0.5, 0.6) is 5.88 Å². The second kappa shape index (κ2) is 8.70. The molecule has 0 radical (unpaired) electrons. The number of ether oxygens (including phenoxy) is 2. The van der Waals surface area contributed by atoms with E-state index in [0.29, 0.717) is 41.9 Å². The Bertz CT molecular complexity index is 1360. The van der Waals surface area contributed by atoms with Gasteiger partial charge in [0, 0.05) is 30.8 Å². The molecule has 1 fully saturated rings. The van der Waals surface area contributed by atoms with Crippen LogP contribution in [0.2, 0.25) is 0 Å². The number of hydrogen-bond donors (Lipinski definition) is 2. The van der Waals surface area contributed by atoms with E-state index in [4.69, 9.17) is 20.2 Å². The van der Waals surface area contributed by atoms with E-state index in [1.807, 2.05) is 33.8 Å². The second-order valence-corrected chi connectivity index (χ2v) is 10.1. The molecule has 0 saturated carbocycles. The molecule has 0 unspecified atom stereocenters. The molecule has 0 aromatic carbocycles. The zero-order valence-corrected chi connectivity index (χ0v) is 21.0. The van der Waals surface area contributed by atoms with Gasteiger partial charge in [-0.1, -0.05) is 6.92 Å².